The third kappa shape index (κ3) is 3.43. The molecule has 90 valence electrons. The largest absolute Gasteiger partial charge is 0.348 e. The maximum atomic E-state index is 4.00. The van der Waals surface area contributed by atoms with Crippen molar-refractivity contribution in [3.63, 3.8) is 0 Å². The zero-order valence-electron chi connectivity index (χ0n) is 10.5. The zero-order chi connectivity index (χ0) is 12.1. The summed E-state index contributed by atoms with van der Waals surface area (Å²) >= 11 is 0. The number of hydrogen-bond donors (Lipinski definition) is 2. The van der Waals surface area contributed by atoms with E-state index in [0.29, 0.717) is 0 Å². The summed E-state index contributed by atoms with van der Waals surface area (Å²) in [5, 5.41) is 3.45. The number of aromatic amines is 1. The number of aryl methyl sites for hydroxylation is 2. The standard InChI is InChI=1S/C14H19N3/c1-11-3-4-13(12(2)7-11)8-15-6-5-14-9-16-10-17-14/h3-4,7,9-10,15H,5-6,8H2,1-2H3,(H,16,17). The molecule has 1 heterocycles. The Labute approximate surface area is 102 Å². The van der Waals surface area contributed by atoms with Crippen molar-refractivity contribution < 1.29 is 0 Å². The van der Waals surface area contributed by atoms with E-state index in [1.165, 1.54) is 22.4 Å². The van der Waals surface area contributed by atoms with Gasteiger partial charge in [-0.15, -0.1) is 0 Å². The van der Waals surface area contributed by atoms with Crippen LogP contribution in [-0.2, 0) is 13.0 Å². The van der Waals surface area contributed by atoms with Gasteiger partial charge in [-0.25, -0.2) is 4.98 Å². The maximum absolute atomic E-state index is 4.00. The predicted molar refractivity (Wildman–Crippen MR) is 69.9 cm³/mol. The van der Waals surface area contributed by atoms with Crippen LogP contribution in [0.1, 0.15) is 22.4 Å². The second-order valence-electron chi connectivity index (χ2n) is 4.43. The number of H-pyrrole nitrogens is 1. The fourth-order valence-corrected chi connectivity index (χ4v) is 1.91. The summed E-state index contributed by atoms with van der Waals surface area (Å²) in [5.74, 6) is 0. The van der Waals surface area contributed by atoms with E-state index in [1.807, 2.05) is 6.20 Å². The Morgan fingerprint density at radius 2 is 2.18 bits per heavy atom. The van der Waals surface area contributed by atoms with Crippen LogP contribution < -0.4 is 5.32 Å². The van der Waals surface area contributed by atoms with E-state index in [9.17, 15) is 0 Å². The summed E-state index contributed by atoms with van der Waals surface area (Å²) < 4.78 is 0. The molecule has 0 spiro atoms. The number of nitrogens with zero attached hydrogens (tertiary/aromatic N) is 1. The molecule has 0 unspecified atom stereocenters. The monoisotopic (exact) mass is 229 g/mol. The molecule has 17 heavy (non-hydrogen) atoms. The van der Waals surface area contributed by atoms with Crippen LogP contribution in [0.5, 0.6) is 0 Å². The highest BCUT2D eigenvalue weighted by molar-refractivity contribution is 5.30. The van der Waals surface area contributed by atoms with E-state index in [0.717, 1.165) is 19.5 Å². The van der Waals surface area contributed by atoms with Crippen LogP contribution in [-0.4, -0.2) is 16.5 Å². The molecule has 0 bridgehead atoms. The van der Waals surface area contributed by atoms with Gasteiger partial charge in [0.2, 0.25) is 0 Å². The number of imidazole rings is 1. The van der Waals surface area contributed by atoms with Crippen molar-refractivity contribution >= 4 is 0 Å². The minimum Gasteiger partial charge on any atom is -0.348 e. The number of aromatic nitrogens is 2. The van der Waals surface area contributed by atoms with Crippen molar-refractivity contribution in [1.82, 2.24) is 15.3 Å². The lowest BCUT2D eigenvalue weighted by atomic mass is 10.1. The van der Waals surface area contributed by atoms with Gasteiger partial charge in [0.15, 0.2) is 0 Å². The highest BCUT2D eigenvalue weighted by atomic mass is 14.9. The molecule has 0 amide bonds. The Morgan fingerprint density at radius 3 is 2.88 bits per heavy atom. The van der Waals surface area contributed by atoms with Crippen LogP contribution in [0.15, 0.2) is 30.7 Å². The fraction of sp³-hybridized carbons (Fsp3) is 0.357. The average molecular weight is 229 g/mol. The number of nitrogens with one attached hydrogen (secondary N) is 2. The molecule has 0 saturated carbocycles. The molecule has 0 aliphatic carbocycles. The van der Waals surface area contributed by atoms with Gasteiger partial charge in [0.1, 0.15) is 0 Å². The van der Waals surface area contributed by atoms with Crippen molar-refractivity contribution in [2.24, 2.45) is 0 Å². The summed E-state index contributed by atoms with van der Waals surface area (Å²) in [6, 6.07) is 6.60. The molecule has 2 aromatic rings. The summed E-state index contributed by atoms with van der Waals surface area (Å²) in [5.41, 5.74) is 5.24. The molecule has 0 fully saturated rings. The van der Waals surface area contributed by atoms with E-state index in [4.69, 9.17) is 0 Å². The summed E-state index contributed by atoms with van der Waals surface area (Å²) in [6.07, 6.45) is 4.59. The Bertz CT molecular complexity index is 460. The number of benzene rings is 1. The van der Waals surface area contributed by atoms with Gasteiger partial charge in [-0.05, 0) is 25.0 Å². The van der Waals surface area contributed by atoms with Crippen molar-refractivity contribution in [1.29, 1.82) is 0 Å². The molecule has 0 saturated heterocycles. The molecular weight excluding hydrogens is 210 g/mol. The second kappa shape index (κ2) is 5.64. The van der Waals surface area contributed by atoms with Crippen molar-refractivity contribution in [2.75, 3.05) is 6.54 Å². The van der Waals surface area contributed by atoms with E-state index in [1.54, 1.807) is 6.33 Å². The lowest BCUT2D eigenvalue weighted by Crippen LogP contribution is -2.17. The predicted octanol–water partition coefficient (Wildman–Crippen LogP) is 2.36. The molecule has 0 atom stereocenters. The molecule has 3 heteroatoms. The minimum absolute atomic E-state index is 0.931. The van der Waals surface area contributed by atoms with E-state index < -0.39 is 0 Å². The van der Waals surface area contributed by atoms with Crippen LogP contribution in [0.3, 0.4) is 0 Å². The van der Waals surface area contributed by atoms with E-state index >= 15 is 0 Å². The maximum Gasteiger partial charge on any atom is 0.0921 e. The molecule has 0 radical (unpaired) electrons. The smallest absolute Gasteiger partial charge is 0.0921 e. The summed E-state index contributed by atoms with van der Waals surface area (Å²) in [7, 11) is 0. The molecule has 2 rings (SSSR count). The van der Waals surface area contributed by atoms with Gasteiger partial charge in [-0.2, -0.15) is 0 Å². The van der Waals surface area contributed by atoms with Gasteiger partial charge in [0.05, 0.1) is 6.33 Å². The Hall–Kier alpha value is -1.61. The third-order valence-electron chi connectivity index (χ3n) is 2.94. The minimum atomic E-state index is 0.931. The zero-order valence-corrected chi connectivity index (χ0v) is 10.5. The van der Waals surface area contributed by atoms with Crippen molar-refractivity contribution in [3.8, 4) is 0 Å². The van der Waals surface area contributed by atoms with Gasteiger partial charge in [-0.1, -0.05) is 23.8 Å². The topological polar surface area (TPSA) is 40.7 Å². The highest BCUT2D eigenvalue weighted by Gasteiger charge is 1.98. The van der Waals surface area contributed by atoms with Gasteiger partial charge in [0, 0.05) is 31.4 Å². The fourth-order valence-electron chi connectivity index (χ4n) is 1.91. The van der Waals surface area contributed by atoms with Crippen LogP contribution >= 0.6 is 0 Å². The van der Waals surface area contributed by atoms with Crippen LogP contribution in [0.2, 0.25) is 0 Å². The van der Waals surface area contributed by atoms with Gasteiger partial charge in [-0.3, -0.25) is 0 Å². The molecular formula is C14H19N3. The number of hydrogen-bond acceptors (Lipinski definition) is 2. The van der Waals surface area contributed by atoms with Crippen molar-refractivity contribution in [2.45, 2.75) is 26.8 Å². The van der Waals surface area contributed by atoms with E-state index in [2.05, 4.69) is 47.3 Å². The highest BCUT2D eigenvalue weighted by Crippen LogP contribution is 2.09. The molecule has 0 aliphatic heterocycles. The van der Waals surface area contributed by atoms with Gasteiger partial charge < -0.3 is 10.3 Å². The summed E-state index contributed by atoms with van der Waals surface area (Å²) in [6.45, 7) is 6.19. The second-order valence-corrected chi connectivity index (χ2v) is 4.43. The van der Waals surface area contributed by atoms with Crippen LogP contribution in [0.4, 0.5) is 0 Å². The third-order valence-corrected chi connectivity index (χ3v) is 2.94. The number of rotatable bonds is 5. The lowest BCUT2D eigenvalue weighted by molar-refractivity contribution is 0.679. The van der Waals surface area contributed by atoms with Crippen LogP contribution in [0, 0.1) is 13.8 Å². The molecule has 3 nitrogen and oxygen atoms in total. The molecule has 1 aromatic carbocycles. The Balaban J connectivity index is 1.78. The first kappa shape index (κ1) is 11.9. The van der Waals surface area contributed by atoms with Crippen molar-refractivity contribution in [3.05, 3.63) is 53.1 Å². The van der Waals surface area contributed by atoms with Crippen LogP contribution in [0.25, 0.3) is 0 Å². The molecule has 1 aromatic heterocycles. The van der Waals surface area contributed by atoms with Gasteiger partial charge in [0.25, 0.3) is 0 Å². The molecule has 0 aliphatic rings. The first-order valence-corrected chi connectivity index (χ1v) is 6.00. The quantitative estimate of drug-likeness (QED) is 0.773. The first-order chi connectivity index (χ1) is 8.25. The SMILES string of the molecule is Cc1ccc(CNCCc2cnc[nH]2)c(C)c1. The van der Waals surface area contributed by atoms with E-state index in [-0.39, 0.29) is 0 Å². The molecule has 2 N–H and O–H groups in total. The summed E-state index contributed by atoms with van der Waals surface area (Å²) in [4.78, 5) is 7.10. The Morgan fingerprint density at radius 1 is 1.29 bits per heavy atom. The average Bonchev–Trinajstić information content (AvgIpc) is 2.79. The lowest BCUT2D eigenvalue weighted by Gasteiger charge is -2.08. The van der Waals surface area contributed by atoms with Gasteiger partial charge >= 0.3 is 0 Å². The first-order valence-electron chi connectivity index (χ1n) is 6.00. The Kier molecular flexibility index (Phi) is 3.94. The normalized spacial score (nSPS) is 10.7.